The van der Waals surface area contributed by atoms with E-state index in [1.807, 2.05) is 13.1 Å². The highest BCUT2D eigenvalue weighted by molar-refractivity contribution is 5.37. The summed E-state index contributed by atoms with van der Waals surface area (Å²) in [6.07, 6.45) is 3.49. The summed E-state index contributed by atoms with van der Waals surface area (Å²) < 4.78 is 5.38. The Hall–Kier alpha value is -1.22. The Bertz CT molecular complexity index is 334. The lowest BCUT2D eigenvalue weighted by Gasteiger charge is -2.11. The van der Waals surface area contributed by atoms with Gasteiger partial charge in [0, 0.05) is 18.4 Å². The van der Waals surface area contributed by atoms with Gasteiger partial charge >= 0.3 is 0 Å². The fourth-order valence-electron chi connectivity index (χ4n) is 1.36. The van der Waals surface area contributed by atoms with Crippen molar-refractivity contribution >= 4 is 6.08 Å². The molecule has 3 heteroatoms. The van der Waals surface area contributed by atoms with Gasteiger partial charge in [-0.2, -0.15) is 0 Å². The molecule has 1 aromatic heterocycles. The van der Waals surface area contributed by atoms with Gasteiger partial charge in [0.15, 0.2) is 5.82 Å². The van der Waals surface area contributed by atoms with E-state index in [4.69, 9.17) is 4.74 Å². The van der Waals surface area contributed by atoms with Crippen molar-refractivity contribution in [2.45, 2.75) is 33.3 Å². The highest BCUT2D eigenvalue weighted by Crippen LogP contribution is 2.17. The summed E-state index contributed by atoms with van der Waals surface area (Å²) in [5, 5.41) is 0. The van der Waals surface area contributed by atoms with Gasteiger partial charge in [-0.3, -0.25) is 0 Å². The zero-order valence-corrected chi connectivity index (χ0v) is 9.66. The fraction of sp³-hybridized carbons (Fsp3) is 0.500. The molecule has 3 nitrogen and oxygen atoms in total. The zero-order valence-electron chi connectivity index (χ0n) is 9.66. The normalized spacial score (nSPS) is 10.7. The van der Waals surface area contributed by atoms with E-state index in [1.54, 1.807) is 6.08 Å². The third-order valence-corrected chi connectivity index (χ3v) is 2.11. The van der Waals surface area contributed by atoms with Gasteiger partial charge in [-0.15, -0.1) is 0 Å². The number of rotatable bonds is 5. The third-order valence-electron chi connectivity index (χ3n) is 2.11. The summed E-state index contributed by atoms with van der Waals surface area (Å²) in [6, 6.07) is 0. The molecule has 0 N–H and O–H groups in total. The molecular formula is C12H18N2O. The van der Waals surface area contributed by atoms with Crippen LogP contribution in [-0.4, -0.2) is 16.6 Å². The molecule has 0 amide bonds. The second-order valence-corrected chi connectivity index (χ2v) is 3.63. The van der Waals surface area contributed by atoms with Gasteiger partial charge in [0.1, 0.15) is 0 Å². The summed E-state index contributed by atoms with van der Waals surface area (Å²) >= 11 is 0. The molecule has 0 spiro atoms. The Morgan fingerprint density at radius 3 is 2.80 bits per heavy atom. The van der Waals surface area contributed by atoms with Gasteiger partial charge < -0.3 is 4.74 Å². The van der Waals surface area contributed by atoms with Crippen molar-refractivity contribution in [2.75, 3.05) is 6.61 Å². The maximum Gasteiger partial charge on any atom is 0.151 e. The maximum atomic E-state index is 5.38. The first kappa shape index (κ1) is 11.9. The van der Waals surface area contributed by atoms with Crippen LogP contribution in [0.2, 0.25) is 0 Å². The van der Waals surface area contributed by atoms with Gasteiger partial charge in [0.05, 0.1) is 12.3 Å². The van der Waals surface area contributed by atoms with Crippen molar-refractivity contribution in [3.8, 4) is 0 Å². The SMILES string of the molecule is C=Cc1ncc(COCC)c(C(C)C)n1. The summed E-state index contributed by atoms with van der Waals surface area (Å²) in [5.41, 5.74) is 2.12. The van der Waals surface area contributed by atoms with Gasteiger partial charge in [0.2, 0.25) is 0 Å². The van der Waals surface area contributed by atoms with Gasteiger partial charge in [-0.05, 0) is 18.9 Å². The molecule has 15 heavy (non-hydrogen) atoms. The lowest BCUT2D eigenvalue weighted by atomic mass is 10.1. The van der Waals surface area contributed by atoms with E-state index in [2.05, 4.69) is 30.4 Å². The summed E-state index contributed by atoms with van der Waals surface area (Å²) in [6.45, 7) is 11.2. The fourth-order valence-corrected chi connectivity index (χ4v) is 1.36. The van der Waals surface area contributed by atoms with E-state index in [0.717, 1.165) is 11.3 Å². The Morgan fingerprint density at radius 2 is 2.27 bits per heavy atom. The van der Waals surface area contributed by atoms with Crippen LogP contribution in [0.4, 0.5) is 0 Å². The Balaban J connectivity index is 2.98. The van der Waals surface area contributed by atoms with Crippen molar-refractivity contribution in [2.24, 2.45) is 0 Å². The van der Waals surface area contributed by atoms with Crippen LogP contribution >= 0.6 is 0 Å². The summed E-state index contributed by atoms with van der Waals surface area (Å²) in [5.74, 6) is 1.06. The molecule has 0 aromatic carbocycles. The Kier molecular flexibility index (Phi) is 4.43. The highest BCUT2D eigenvalue weighted by atomic mass is 16.5. The number of hydrogen-bond donors (Lipinski definition) is 0. The van der Waals surface area contributed by atoms with Crippen LogP contribution in [0, 0.1) is 0 Å². The van der Waals surface area contributed by atoms with E-state index in [0.29, 0.717) is 25.0 Å². The average molecular weight is 206 g/mol. The zero-order chi connectivity index (χ0) is 11.3. The second-order valence-electron chi connectivity index (χ2n) is 3.63. The lowest BCUT2D eigenvalue weighted by molar-refractivity contribution is 0.132. The molecule has 0 fully saturated rings. The van der Waals surface area contributed by atoms with E-state index < -0.39 is 0 Å². The number of nitrogens with zero attached hydrogens (tertiary/aromatic N) is 2. The maximum absolute atomic E-state index is 5.38. The summed E-state index contributed by atoms with van der Waals surface area (Å²) in [4.78, 5) is 8.62. The largest absolute Gasteiger partial charge is 0.377 e. The minimum atomic E-state index is 0.377. The predicted octanol–water partition coefficient (Wildman–Crippen LogP) is 2.78. The first-order valence-corrected chi connectivity index (χ1v) is 5.25. The quantitative estimate of drug-likeness (QED) is 0.743. The van der Waals surface area contributed by atoms with Crippen LogP contribution < -0.4 is 0 Å². The van der Waals surface area contributed by atoms with Crippen molar-refractivity contribution in [1.82, 2.24) is 9.97 Å². The molecule has 0 aliphatic heterocycles. The van der Waals surface area contributed by atoms with E-state index >= 15 is 0 Å². The number of aromatic nitrogens is 2. The topological polar surface area (TPSA) is 35.0 Å². The molecule has 0 saturated heterocycles. The first-order valence-electron chi connectivity index (χ1n) is 5.25. The Morgan fingerprint density at radius 1 is 1.53 bits per heavy atom. The monoisotopic (exact) mass is 206 g/mol. The molecule has 82 valence electrons. The molecule has 0 atom stereocenters. The van der Waals surface area contributed by atoms with Crippen molar-refractivity contribution in [3.63, 3.8) is 0 Å². The minimum Gasteiger partial charge on any atom is -0.377 e. The van der Waals surface area contributed by atoms with Gasteiger partial charge in [-0.1, -0.05) is 20.4 Å². The van der Waals surface area contributed by atoms with E-state index in [-0.39, 0.29) is 0 Å². The number of ether oxygens (including phenoxy) is 1. The van der Waals surface area contributed by atoms with Crippen LogP contribution in [0.1, 0.15) is 43.8 Å². The molecule has 1 aromatic rings. The third kappa shape index (κ3) is 3.13. The molecule has 0 bridgehead atoms. The minimum absolute atomic E-state index is 0.377. The predicted molar refractivity (Wildman–Crippen MR) is 61.5 cm³/mol. The molecule has 0 aliphatic carbocycles. The van der Waals surface area contributed by atoms with Crippen molar-refractivity contribution in [1.29, 1.82) is 0 Å². The van der Waals surface area contributed by atoms with E-state index in [1.165, 1.54) is 0 Å². The molecule has 0 radical (unpaired) electrons. The van der Waals surface area contributed by atoms with Crippen molar-refractivity contribution < 1.29 is 4.74 Å². The Labute approximate surface area is 91.2 Å². The smallest absolute Gasteiger partial charge is 0.151 e. The van der Waals surface area contributed by atoms with Crippen LogP contribution in [0.3, 0.4) is 0 Å². The molecule has 1 heterocycles. The number of hydrogen-bond acceptors (Lipinski definition) is 3. The van der Waals surface area contributed by atoms with Gasteiger partial charge in [0.25, 0.3) is 0 Å². The molecule has 0 unspecified atom stereocenters. The second kappa shape index (κ2) is 5.61. The van der Waals surface area contributed by atoms with Gasteiger partial charge in [-0.25, -0.2) is 9.97 Å². The first-order chi connectivity index (χ1) is 7.19. The summed E-state index contributed by atoms with van der Waals surface area (Å²) in [7, 11) is 0. The molecule has 0 saturated carbocycles. The average Bonchev–Trinajstić information content (AvgIpc) is 2.26. The molecule has 0 aliphatic rings. The van der Waals surface area contributed by atoms with Crippen LogP contribution in [0.15, 0.2) is 12.8 Å². The molecular weight excluding hydrogens is 188 g/mol. The van der Waals surface area contributed by atoms with Crippen LogP contribution in [-0.2, 0) is 11.3 Å². The van der Waals surface area contributed by atoms with E-state index in [9.17, 15) is 0 Å². The highest BCUT2D eigenvalue weighted by Gasteiger charge is 2.09. The van der Waals surface area contributed by atoms with Crippen LogP contribution in [0.5, 0.6) is 0 Å². The van der Waals surface area contributed by atoms with Crippen LogP contribution in [0.25, 0.3) is 6.08 Å². The van der Waals surface area contributed by atoms with Crippen molar-refractivity contribution in [3.05, 3.63) is 29.9 Å². The lowest BCUT2D eigenvalue weighted by Crippen LogP contribution is -2.05. The molecule has 1 rings (SSSR count). The standard InChI is InChI=1S/C12H18N2O/c1-5-11-13-7-10(8-15-6-2)12(14-11)9(3)4/h5,7,9H,1,6,8H2,2-4H3.